The van der Waals surface area contributed by atoms with Crippen LogP contribution in [-0.2, 0) is 14.4 Å². The van der Waals surface area contributed by atoms with Gasteiger partial charge in [0.05, 0.1) is 6.10 Å². The fourth-order valence-corrected chi connectivity index (χ4v) is 5.84. The van der Waals surface area contributed by atoms with Crippen molar-refractivity contribution in [2.24, 2.45) is 29.6 Å². The molecule has 0 aromatic rings. The first kappa shape index (κ1) is 24.2. The number of nitrogens with one attached hydrogen (secondary N) is 2. The Kier molecular flexibility index (Phi) is 7.51. The summed E-state index contributed by atoms with van der Waals surface area (Å²) in [6.07, 6.45) is 17.7. The molecule has 4 aliphatic rings. The van der Waals surface area contributed by atoms with Crippen LogP contribution in [-0.4, -0.2) is 46.5 Å². The van der Waals surface area contributed by atoms with E-state index in [1.165, 1.54) is 6.08 Å². The Bertz CT molecular complexity index is 976. The van der Waals surface area contributed by atoms with Crippen molar-refractivity contribution in [2.75, 3.05) is 6.54 Å². The molecule has 0 radical (unpaired) electrons. The number of hydrogen-bond donors (Lipinski definition) is 4. The van der Waals surface area contributed by atoms with Crippen LogP contribution in [0.3, 0.4) is 0 Å². The molecule has 2 heterocycles. The lowest BCUT2D eigenvalue weighted by Crippen LogP contribution is -2.41. The van der Waals surface area contributed by atoms with E-state index in [1.807, 2.05) is 12.2 Å². The lowest BCUT2D eigenvalue weighted by Gasteiger charge is -2.20. The molecule has 7 nitrogen and oxygen atoms in total. The predicted molar refractivity (Wildman–Crippen MR) is 128 cm³/mol. The average Bonchev–Trinajstić information content (AvgIpc) is 3.43. The highest BCUT2D eigenvalue weighted by Gasteiger charge is 2.44. The molecule has 2 unspecified atom stereocenters. The van der Waals surface area contributed by atoms with Crippen molar-refractivity contribution < 1.29 is 24.6 Å². The quantitative estimate of drug-likeness (QED) is 0.324. The lowest BCUT2D eigenvalue weighted by atomic mass is 9.85. The van der Waals surface area contributed by atoms with E-state index in [2.05, 4.69) is 41.9 Å². The van der Waals surface area contributed by atoms with E-state index in [0.29, 0.717) is 36.0 Å². The van der Waals surface area contributed by atoms with Crippen molar-refractivity contribution in [1.29, 1.82) is 0 Å². The summed E-state index contributed by atoms with van der Waals surface area (Å²) in [5.41, 5.74) is -0.267. The highest BCUT2D eigenvalue weighted by atomic mass is 16.3. The Labute approximate surface area is 200 Å². The standard InChI is InChI=1S/C27H34N2O5/c1-16-11-12-19-18-8-3-2-4-10-23(32)28-14-13-22(31)25-26(33)24(27(34)29-25)21(30)9-6-5-7-17(18)15-20(16)19/h2-5,7,10-12,16-20,22,25,31,33H,6,8-9,13-15H2,1H3,(H,28,32)(H,29,34)/b3-2-,7-5+,10-4+/t16-,17+,18-,19?,20?,22-,25-/m0/s1. The molecule has 34 heavy (non-hydrogen) atoms. The third-order valence-corrected chi connectivity index (χ3v) is 7.69. The normalized spacial score (nSPS) is 39.7. The monoisotopic (exact) mass is 466 g/mol. The molecule has 2 amide bonds. The van der Waals surface area contributed by atoms with Crippen molar-refractivity contribution >= 4 is 17.6 Å². The molecule has 4 rings (SSSR count). The molecular formula is C27H34N2O5. The van der Waals surface area contributed by atoms with Gasteiger partial charge in [-0.2, -0.15) is 0 Å². The number of aliphatic hydroxyl groups is 2. The molecule has 7 heteroatoms. The molecule has 1 saturated carbocycles. The number of aliphatic hydroxyl groups excluding tert-OH is 2. The molecule has 0 aromatic heterocycles. The zero-order valence-corrected chi connectivity index (χ0v) is 19.5. The Hall–Kier alpha value is -2.93. The number of fused-ring (bicyclic) bond motifs is 4. The van der Waals surface area contributed by atoms with Crippen molar-refractivity contribution in [3.05, 3.63) is 59.9 Å². The molecule has 2 bridgehead atoms. The van der Waals surface area contributed by atoms with Gasteiger partial charge >= 0.3 is 0 Å². The maximum absolute atomic E-state index is 12.7. The predicted octanol–water partition coefficient (Wildman–Crippen LogP) is 2.66. The Morgan fingerprint density at radius 3 is 2.68 bits per heavy atom. The second-order valence-electron chi connectivity index (χ2n) is 9.82. The van der Waals surface area contributed by atoms with Crippen LogP contribution >= 0.6 is 0 Å². The summed E-state index contributed by atoms with van der Waals surface area (Å²) in [6.45, 7) is 2.43. The molecule has 182 valence electrons. The Morgan fingerprint density at radius 2 is 1.85 bits per heavy atom. The van der Waals surface area contributed by atoms with Gasteiger partial charge in [-0.05, 0) is 55.3 Å². The Balaban J connectivity index is 1.52. The summed E-state index contributed by atoms with van der Waals surface area (Å²) < 4.78 is 0. The fourth-order valence-electron chi connectivity index (χ4n) is 5.84. The first-order chi connectivity index (χ1) is 16.4. The van der Waals surface area contributed by atoms with Crippen molar-refractivity contribution in [3.8, 4) is 0 Å². The largest absolute Gasteiger partial charge is 0.509 e. The van der Waals surface area contributed by atoms with Crippen LogP contribution in [0.25, 0.3) is 0 Å². The van der Waals surface area contributed by atoms with E-state index < -0.39 is 29.6 Å². The van der Waals surface area contributed by atoms with Crippen LogP contribution in [0.4, 0.5) is 0 Å². The molecular weight excluding hydrogens is 432 g/mol. The lowest BCUT2D eigenvalue weighted by molar-refractivity contribution is -0.122. The zero-order valence-electron chi connectivity index (χ0n) is 19.5. The summed E-state index contributed by atoms with van der Waals surface area (Å²) in [4.78, 5) is 37.0. The van der Waals surface area contributed by atoms with Crippen molar-refractivity contribution in [2.45, 2.75) is 51.2 Å². The third kappa shape index (κ3) is 5.09. The summed E-state index contributed by atoms with van der Waals surface area (Å²) in [5.74, 6) is 0.810. The molecule has 2 aliphatic carbocycles. The van der Waals surface area contributed by atoms with Gasteiger partial charge in [0.15, 0.2) is 5.78 Å². The number of amides is 2. The number of ketones is 1. The number of allylic oxidation sites excluding steroid dienone is 7. The van der Waals surface area contributed by atoms with Crippen LogP contribution in [0.1, 0.15) is 39.0 Å². The smallest absolute Gasteiger partial charge is 0.259 e. The highest BCUT2D eigenvalue weighted by molar-refractivity contribution is 6.21. The van der Waals surface area contributed by atoms with E-state index >= 15 is 0 Å². The Morgan fingerprint density at radius 1 is 1.03 bits per heavy atom. The maximum atomic E-state index is 12.7. The second-order valence-corrected chi connectivity index (χ2v) is 9.82. The minimum Gasteiger partial charge on any atom is -0.509 e. The summed E-state index contributed by atoms with van der Waals surface area (Å²) in [5, 5.41) is 26.0. The first-order valence-corrected chi connectivity index (χ1v) is 12.3. The van der Waals surface area contributed by atoms with Crippen molar-refractivity contribution in [3.63, 3.8) is 0 Å². The summed E-state index contributed by atoms with van der Waals surface area (Å²) in [6, 6.07) is -1.04. The van der Waals surface area contributed by atoms with Crippen LogP contribution in [0.2, 0.25) is 0 Å². The molecule has 0 spiro atoms. The SMILES string of the molecule is C[C@H]1C=CC2C1C[C@H]1/C=C/CCC(=O)C3=C(O)[C@@H](NC3=O)[C@@H](O)CCNC(=O)/C=C/C=C\C[C@H]21. The van der Waals surface area contributed by atoms with Gasteiger partial charge in [0.1, 0.15) is 17.4 Å². The zero-order chi connectivity index (χ0) is 24.2. The van der Waals surface area contributed by atoms with Gasteiger partial charge in [-0.25, -0.2) is 0 Å². The molecule has 4 N–H and O–H groups in total. The highest BCUT2D eigenvalue weighted by Crippen LogP contribution is 2.51. The van der Waals surface area contributed by atoms with E-state index in [0.717, 1.165) is 12.8 Å². The van der Waals surface area contributed by atoms with Gasteiger partial charge in [-0.15, -0.1) is 0 Å². The minimum absolute atomic E-state index is 0.117. The van der Waals surface area contributed by atoms with Gasteiger partial charge in [0.2, 0.25) is 5.91 Å². The van der Waals surface area contributed by atoms with Gasteiger partial charge in [0.25, 0.3) is 5.91 Å². The number of hydrogen-bond acceptors (Lipinski definition) is 5. The third-order valence-electron chi connectivity index (χ3n) is 7.69. The van der Waals surface area contributed by atoms with Gasteiger partial charge < -0.3 is 20.8 Å². The molecule has 1 fully saturated rings. The topological polar surface area (TPSA) is 116 Å². The van der Waals surface area contributed by atoms with Crippen LogP contribution < -0.4 is 10.6 Å². The maximum Gasteiger partial charge on any atom is 0.259 e. The summed E-state index contributed by atoms with van der Waals surface area (Å²) in [7, 11) is 0. The number of carbonyl (C=O) groups is 3. The van der Waals surface area contributed by atoms with Crippen LogP contribution in [0.15, 0.2) is 59.9 Å². The molecule has 0 saturated heterocycles. The van der Waals surface area contributed by atoms with E-state index in [1.54, 1.807) is 6.08 Å². The first-order valence-electron chi connectivity index (χ1n) is 12.3. The molecule has 0 aromatic carbocycles. The van der Waals surface area contributed by atoms with Gasteiger partial charge in [-0.1, -0.05) is 49.5 Å². The van der Waals surface area contributed by atoms with Crippen molar-refractivity contribution in [1.82, 2.24) is 10.6 Å². The van der Waals surface area contributed by atoms with Gasteiger partial charge in [0, 0.05) is 19.0 Å². The molecule has 7 atom stereocenters. The fraction of sp³-hybridized carbons (Fsp3) is 0.519. The number of Topliss-reactive ketones (excluding diaryl/α,β-unsaturated/α-hetero) is 1. The van der Waals surface area contributed by atoms with E-state index in [9.17, 15) is 24.6 Å². The van der Waals surface area contributed by atoms with E-state index in [4.69, 9.17) is 0 Å². The molecule has 2 aliphatic heterocycles. The van der Waals surface area contributed by atoms with E-state index in [-0.39, 0.29) is 30.9 Å². The van der Waals surface area contributed by atoms with Gasteiger partial charge in [-0.3, -0.25) is 14.4 Å². The van der Waals surface area contributed by atoms with Crippen LogP contribution in [0.5, 0.6) is 0 Å². The minimum atomic E-state index is -1.13. The second kappa shape index (κ2) is 10.6. The average molecular weight is 467 g/mol. The van der Waals surface area contributed by atoms with Crippen LogP contribution in [0, 0.1) is 29.6 Å². The number of carbonyl (C=O) groups excluding carboxylic acids is 3. The number of rotatable bonds is 0. The summed E-state index contributed by atoms with van der Waals surface area (Å²) >= 11 is 0.